The average Bonchev–Trinajstić information content (AvgIpc) is 2.69. The van der Waals surface area contributed by atoms with E-state index >= 15 is 0 Å². The molecule has 2 N–H and O–H groups in total. The molecule has 0 aliphatic carbocycles. The van der Waals surface area contributed by atoms with Crippen LogP contribution in [0.25, 0.3) is 0 Å². The predicted octanol–water partition coefficient (Wildman–Crippen LogP) is 3.21. The zero-order chi connectivity index (χ0) is 22.8. The van der Waals surface area contributed by atoms with Crippen LogP contribution in [0.15, 0.2) is 36.7 Å². The molecule has 2 amide bonds. The summed E-state index contributed by atoms with van der Waals surface area (Å²) in [6, 6.07) is 5.30. The Hall–Kier alpha value is -3.14. The molecule has 0 spiro atoms. The maximum absolute atomic E-state index is 13.2. The number of alkyl halides is 3. The van der Waals surface area contributed by atoms with Crippen molar-refractivity contribution in [3.63, 3.8) is 0 Å². The van der Waals surface area contributed by atoms with E-state index in [2.05, 4.69) is 4.98 Å². The minimum Gasteiger partial charge on any atom is -0.409 e. The highest BCUT2D eigenvalue weighted by Gasteiger charge is 2.34. The molecular formula is C21H23F3N4O3. The van der Waals surface area contributed by atoms with E-state index in [9.17, 15) is 22.8 Å². The molecule has 7 nitrogen and oxygen atoms in total. The van der Waals surface area contributed by atoms with E-state index in [0.29, 0.717) is 31.7 Å². The summed E-state index contributed by atoms with van der Waals surface area (Å²) in [5.41, 5.74) is 5.51. The standard InChI is InChI=1S/C21H23F3N4O3/c1-13-11-27(12-15-4-3-5-18(14(15)2)21(22,23)24)6-7-28(13)20(30)31-17-8-16(19(25)29)9-26-10-17/h3-5,8-10,13H,6-7,11-12H2,1-2H3,(H2,25,29)/t13-/m1/s1. The molecule has 1 saturated heterocycles. The highest BCUT2D eigenvalue weighted by atomic mass is 19.4. The summed E-state index contributed by atoms with van der Waals surface area (Å²) >= 11 is 0. The topological polar surface area (TPSA) is 88.8 Å². The second-order valence-electron chi connectivity index (χ2n) is 7.51. The SMILES string of the molecule is Cc1c(CN2CCN(C(=O)Oc3cncc(C(N)=O)c3)[C@H](C)C2)cccc1C(F)(F)F. The van der Waals surface area contributed by atoms with E-state index in [0.717, 1.165) is 6.07 Å². The van der Waals surface area contributed by atoms with Gasteiger partial charge in [-0.15, -0.1) is 0 Å². The highest BCUT2D eigenvalue weighted by Crippen LogP contribution is 2.33. The average molecular weight is 436 g/mol. The van der Waals surface area contributed by atoms with Gasteiger partial charge in [-0.3, -0.25) is 14.7 Å². The van der Waals surface area contributed by atoms with Crippen LogP contribution in [0.1, 0.15) is 34.0 Å². The lowest BCUT2D eigenvalue weighted by Crippen LogP contribution is -2.54. The number of ether oxygens (including phenoxy) is 1. The summed E-state index contributed by atoms with van der Waals surface area (Å²) in [5, 5.41) is 0. The molecule has 1 aromatic carbocycles. The number of benzene rings is 1. The molecule has 0 radical (unpaired) electrons. The van der Waals surface area contributed by atoms with Crippen LogP contribution in [0.2, 0.25) is 0 Å². The van der Waals surface area contributed by atoms with Gasteiger partial charge >= 0.3 is 12.3 Å². The van der Waals surface area contributed by atoms with E-state index in [4.69, 9.17) is 10.5 Å². The molecule has 31 heavy (non-hydrogen) atoms. The van der Waals surface area contributed by atoms with Crippen molar-refractivity contribution in [3.8, 4) is 5.75 Å². The third kappa shape index (κ3) is 5.32. The number of nitrogens with zero attached hydrogens (tertiary/aromatic N) is 3. The van der Waals surface area contributed by atoms with Gasteiger partial charge in [0.25, 0.3) is 0 Å². The molecule has 1 aromatic heterocycles. The predicted molar refractivity (Wildman–Crippen MR) is 106 cm³/mol. The first kappa shape index (κ1) is 22.5. The normalized spacial score (nSPS) is 17.5. The number of amides is 2. The largest absolute Gasteiger partial charge is 0.416 e. The van der Waals surface area contributed by atoms with Gasteiger partial charge in [-0.25, -0.2) is 4.79 Å². The van der Waals surface area contributed by atoms with Gasteiger partial charge in [-0.2, -0.15) is 13.2 Å². The van der Waals surface area contributed by atoms with Crippen LogP contribution in [0.5, 0.6) is 5.75 Å². The fourth-order valence-electron chi connectivity index (χ4n) is 3.62. The summed E-state index contributed by atoms with van der Waals surface area (Å²) in [5.74, 6) is -0.576. The second-order valence-corrected chi connectivity index (χ2v) is 7.51. The molecule has 3 rings (SSSR count). The Kier molecular flexibility index (Phi) is 6.49. The van der Waals surface area contributed by atoms with Gasteiger partial charge in [0.2, 0.25) is 5.91 Å². The number of hydrogen-bond acceptors (Lipinski definition) is 5. The Bertz CT molecular complexity index is 981. The first-order valence-corrected chi connectivity index (χ1v) is 9.67. The lowest BCUT2D eigenvalue weighted by atomic mass is 10.0. The van der Waals surface area contributed by atoms with Crippen molar-refractivity contribution < 1.29 is 27.5 Å². The van der Waals surface area contributed by atoms with Crippen LogP contribution in [-0.2, 0) is 12.7 Å². The van der Waals surface area contributed by atoms with Crippen molar-refractivity contribution in [1.82, 2.24) is 14.8 Å². The zero-order valence-electron chi connectivity index (χ0n) is 17.1. The number of carbonyl (C=O) groups is 2. The molecule has 0 saturated carbocycles. The number of rotatable bonds is 4. The highest BCUT2D eigenvalue weighted by molar-refractivity contribution is 5.92. The number of primary amides is 1. The minimum atomic E-state index is -4.39. The van der Waals surface area contributed by atoms with Crippen molar-refractivity contribution in [2.75, 3.05) is 19.6 Å². The molecule has 1 aliphatic heterocycles. The van der Waals surface area contributed by atoms with Crippen LogP contribution in [-0.4, -0.2) is 52.5 Å². The van der Waals surface area contributed by atoms with Crippen molar-refractivity contribution in [3.05, 3.63) is 58.9 Å². The van der Waals surface area contributed by atoms with Gasteiger partial charge in [0.05, 0.1) is 17.3 Å². The Morgan fingerprint density at radius 3 is 2.65 bits per heavy atom. The van der Waals surface area contributed by atoms with E-state index in [1.807, 2.05) is 11.8 Å². The van der Waals surface area contributed by atoms with Gasteiger partial charge in [-0.05, 0) is 37.1 Å². The van der Waals surface area contributed by atoms with Crippen molar-refractivity contribution in [1.29, 1.82) is 0 Å². The molecule has 2 aromatic rings. The number of aromatic nitrogens is 1. The summed E-state index contributed by atoms with van der Waals surface area (Å²) < 4.78 is 44.8. The van der Waals surface area contributed by atoms with Crippen molar-refractivity contribution in [2.45, 2.75) is 32.6 Å². The van der Waals surface area contributed by atoms with Crippen LogP contribution >= 0.6 is 0 Å². The third-order valence-electron chi connectivity index (χ3n) is 5.29. The molecule has 2 heterocycles. The van der Waals surface area contributed by atoms with Gasteiger partial charge < -0.3 is 15.4 Å². The number of pyridine rings is 1. The minimum absolute atomic E-state index is 0.107. The lowest BCUT2D eigenvalue weighted by Gasteiger charge is -2.39. The molecule has 1 aliphatic rings. The van der Waals surface area contributed by atoms with Crippen LogP contribution in [0.4, 0.5) is 18.0 Å². The number of piperazine rings is 1. The van der Waals surface area contributed by atoms with Gasteiger partial charge in [0.15, 0.2) is 5.75 Å². The van der Waals surface area contributed by atoms with E-state index < -0.39 is 23.7 Å². The quantitative estimate of drug-likeness (QED) is 0.795. The van der Waals surface area contributed by atoms with Gasteiger partial charge in [0, 0.05) is 38.4 Å². The maximum Gasteiger partial charge on any atom is 0.416 e. The Morgan fingerprint density at radius 1 is 1.26 bits per heavy atom. The number of carbonyl (C=O) groups excluding carboxylic acids is 2. The summed E-state index contributed by atoms with van der Waals surface area (Å²) in [6.07, 6.45) is -2.40. The van der Waals surface area contributed by atoms with Crippen molar-refractivity contribution >= 4 is 12.0 Å². The fourth-order valence-corrected chi connectivity index (χ4v) is 3.62. The fraction of sp³-hybridized carbons (Fsp3) is 0.381. The van der Waals surface area contributed by atoms with Crippen LogP contribution < -0.4 is 10.5 Å². The molecule has 1 fully saturated rings. The lowest BCUT2D eigenvalue weighted by molar-refractivity contribution is -0.138. The summed E-state index contributed by atoms with van der Waals surface area (Å²) in [4.78, 5) is 31.2. The smallest absolute Gasteiger partial charge is 0.409 e. The first-order chi connectivity index (χ1) is 14.6. The van der Waals surface area contributed by atoms with Gasteiger partial charge in [-0.1, -0.05) is 12.1 Å². The summed E-state index contributed by atoms with van der Waals surface area (Å²) in [7, 11) is 0. The van der Waals surface area contributed by atoms with Crippen LogP contribution in [0.3, 0.4) is 0 Å². The Balaban J connectivity index is 1.63. The third-order valence-corrected chi connectivity index (χ3v) is 5.29. The van der Waals surface area contributed by atoms with E-state index in [1.165, 1.54) is 36.4 Å². The molecule has 1 atom stereocenters. The number of hydrogen-bond donors (Lipinski definition) is 1. The number of halogens is 3. The second kappa shape index (κ2) is 8.93. The molecule has 0 unspecified atom stereocenters. The van der Waals surface area contributed by atoms with Gasteiger partial charge in [0.1, 0.15) is 0 Å². The molecule has 0 bridgehead atoms. The Labute approximate surface area is 177 Å². The monoisotopic (exact) mass is 436 g/mol. The molecular weight excluding hydrogens is 413 g/mol. The van der Waals surface area contributed by atoms with Crippen molar-refractivity contribution in [2.24, 2.45) is 5.73 Å². The zero-order valence-corrected chi connectivity index (χ0v) is 17.1. The Morgan fingerprint density at radius 2 is 2.00 bits per heavy atom. The van der Waals surface area contributed by atoms with E-state index in [-0.39, 0.29) is 22.9 Å². The van der Waals surface area contributed by atoms with E-state index in [1.54, 1.807) is 6.07 Å². The summed E-state index contributed by atoms with van der Waals surface area (Å²) in [6.45, 7) is 4.97. The maximum atomic E-state index is 13.2. The molecule has 166 valence electrons. The number of nitrogens with two attached hydrogens (primary N) is 1. The first-order valence-electron chi connectivity index (χ1n) is 9.67. The van der Waals surface area contributed by atoms with Crippen LogP contribution in [0, 0.1) is 6.92 Å². The molecule has 10 heteroatoms.